The zero-order chi connectivity index (χ0) is 21.1. The molecule has 2 atom stereocenters. The number of carbonyl (C=O) groups excluding carboxylic acids is 1. The molecule has 6 nitrogen and oxygen atoms in total. The standard InChI is InChI=1S/C24H34N3O3/c1-18-11-12-21(17-18)30-23-22(25-13-15-26(29)16-14-25)10-6-7-19(2)27(24(23)28)20-8-4-3-5-9-20/h3-5,8-9,18,21,29H,6-7,10-17H2,1-2H3/q+1/b23-22-,27-19?. The Balaban J connectivity index is 1.73. The lowest BCUT2D eigenvalue weighted by Gasteiger charge is -2.35. The van der Waals surface area contributed by atoms with Crippen molar-refractivity contribution >= 4 is 17.3 Å². The van der Waals surface area contributed by atoms with Crippen LogP contribution in [0.5, 0.6) is 0 Å². The topological polar surface area (TPSA) is 56.0 Å². The number of nitrogens with zero attached hydrogens (tertiary/aromatic N) is 3. The summed E-state index contributed by atoms with van der Waals surface area (Å²) in [4.78, 5) is 16.2. The highest BCUT2D eigenvalue weighted by Crippen LogP contribution is 2.33. The smallest absolute Gasteiger partial charge is 0.461 e. The molecule has 0 spiro atoms. The SMILES string of the molecule is CC1=[N+](c2ccccc2)C(=O)/C(OC2CCC(C)C2)=C(/N2CCN(O)CC2)CCC1. The van der Waals surface area contributed by atoms with Gasteiger partial charge in [0.2, 0.25) is 5.69 Å². The monoisotopic (exact) mass is 412 g/mol. The molecule has 1 amide bonds. The number of para-hydroxylation sites is 1. The van der Waals surface area contributed by atoms with Gasteiger partial charge in [0.05, 0.1) is 11.8 Å². The maximum atomic E-state index is 13.9. The molecule has 30 heavy (non-hydrogen) atoms. The average Bonchev–Trinajstić information content (AvgIpc) is 3.15. The highest BCUT2D eigenvalue weighted by atomic mass is 16.5. The first kappa shape index (κ1) is 21.1. The Morgan fingerprint density at radius 1 is 1.07 bits per heavy atom. The van der Waals surface area contributed by atoms with Gasteiger partial charge in [-0.25, -0.2) is 4.79 Å². The van der Waals surface area contributed by atoms with Crippen LogP contribution in [0.25, 0.3) is 0 Å². The van der Waals surface area contributed by atoms with Crippen LogP contribution >= 0.6 is 0 Å². The Hall–Kier alpha value is -2.18. The van der Waals surface area contributed by atoms with Crippen molar-refractivity contribution in [2.45, 2.75) is 58.5 Å². The van der Waals surface area contributed by atoms with Gasteiger partial charge in [-0.2, -0.15) is 5.06 Å². The van der Waals surface area contributed by atoms with Gasteiger partial charge in [-0.15, -0.1) is 4.58 Å². The quantitative estimate of drug-likeness (QED) is 0.760. The molecule has 1 aromatic carbocycles. The number of rotatable bonds is 4. The summed E-state index contributed by atoms with van der Waals surface area (Å²) >= 11 is 0. The fraction of sp³-hybridized carbons (Fsp3) is 0.583. The van der Waals surface area contributed by atoms with Crippen molar-refractivity contribution in [2.75, 3.05) is 26.2 Å². The Morgan fingerprint density at radius 2 is 1.80 bits per heavy atom. The first-order valence-corrected chi connectivity index (χ1v) is 11.3. The van der Waals surface area contributed by atoms with Gasteiger partial charge in [0.15, 0.2) is 5.71 Å². The van der Waals surface area contributed by atoms with Crippen LogP contribution in [0.4, 0.5) is 5.69 Å². The Kier molecular flexibility index (Phi) is 6.54. The van der Waals surface area contributed by atoms with Gasteiger partial charge in [0.25, 0.3) is 5.76 Å². The second kappa shape index (κ2) is 9.31. The zero-order valence-corrected chi connectivity index (χ0v) is 18.2. The van der Waals surface area contributed by atoms with Crippen LogP contribution in [0.3, 0.4) is 0 Å². The second-order valence-electron chi connectivity index (χ2n) is 8.94. The summed E-state index contributed by atoms with van der Waals surface area (Å²) < 4.78 is 8.36. The minimum atomic E-state index is -0.0561. The zero-order valence-electron chi connectivity index (χ0n) is 18.2. The van der Waals surface area contributed by atoms with Crippen molar-refractivity contribution < 1.29 is 19.3 Å². The van der Waals surface area contributed by atoms with Crippen molar-refractivity contribution in [3.8, 4) is 0 Å². The molecule has 0 aromatic heterocycles. The summed E-state index contributed by atoms with van der Waals surface area (Å²) in [5, 5.41) is 11.2. The van der Waals surface area contributed by atoms with Crippen LogP contribution < -0.4 is 0 Å². The molecule has 1 saturated carbocycles. The lowest BCUT2D eigenvalue weighted by Crippen LogP contribution is -2.45. The highest BCUT2D eigenvalue weighted by Gasteiger charge is 2.38. The molecule has 2 fully saturated rings. The van der Waals surface area contributed by atoms with E-state index in [2.05, 4.69) is 18.7 Å². The van der Waals surface area contributed by atoms with E-state index in [1.807, 2.05) is 34.9 Å². The normalized spacial score (nSPS) is 29.2. The minimum Gasteiger partial charge on any atom is -0.480 e. The molecule has 1 aromatic rings. The van der Waals surface area contributed by atoms with Crippen molar-refractivity contribution in [2.24, 2.45) is 5.92 Å². The summed E-state index contributed by atoms with van der Waals surface area (Å²) in [5.41, 5.74) is 2.97. The molecule has 1 saturated heterocycles. The third kappa shape index (κ3) is 4.60. The maximum Gasteiger partial charge on any atom is 0.461 e. The van der Waals surface area contributed by atoms with Gasteiger partial charge in [-0.05, 0) is 38.0 Å². The number of hydrogen-bond acceptors (Lipinski definition) is 5. The van der Waals surface area contributed by atoms with Crippen LogP contribution in [-0.2, 0) is 9.53 Å². The van der Waals surface area contributed by atoms with Crippen LogP contribution in [0.15, 0.2) is 41.8 Å². The molecular weight excluding hydrogens is 378 g/mol. The molecule has 1 N–H and O–H groups in total. The largest absolute Gasteiger partial charge is 0.480 e. The van der Waals surface area contributed by atoms with Gasteiger partial charge < -0.3 is 14.8 Å². The number of amides is 1. The highest BCUT2D eigenvalue weighted by molar-refractivity contribution is 5.94. The fourth-order valence-corrected chi connectivity index (χ4v) is 4.86. The third-order valence-corrected chi connectivity index (χ3v) is 6.58. The molecule has 4 rings (SSSR count). The number of hydrogen-bond donors (Lipinski definition) is 1. The van der Waals surface area contributed by atoms with Gasteiger partial charge in [-0.3, -0.25) is 0 Å². The van der Waals surface area contributed by atoms with Crippen LogP contribution in [0.2, 0.25) is 0 Å². The minimum absolute atomic E-state index is 0.0561. The molecular formula is C24H34N3O3+. The Labute approximate surface area is 179 Å². The van der Waals surface area contributed by atoms with Crippen molar-refractivity contribution in [1.82, 2.24) is 9.96 Å². The molecule has 162 valence electrons. The number of benzene rings is 1. The van der Waals surface area contributed by atoms with Gasteiger partial charge in [0.1, 0.15) is 0 Å². The van der Waals surface area contributed by atoms with Crippen LogP contribution in [-0.4, -0.2) is 63.6 Å². The summed E-state index contributed by atoms with van der Waals surface area (Å²) in [5.74, 6) is 1.10. The first-order chi connectivity index (χ1) is 14.5. The third-order valence-electron chi connectivity index (χ3n) is 6.58. The lowest BCUT2D eigenvalue weighted by atomic mass is 10.0. The molecule has 3 aliphatic rings. The van der Waals surface area contributed by atoms with E-state index in [0.29, 0.717) is 37.9 Å². The van der Waals surface area contributed by atoms with Crippen molar-refractivity contribution in [3.05, 3.63) is 41.8 Å². The Morgan fingerprint density at radius 3 is 2.47 bits per heavy atom. The van der Waals surface area contributed by atoms with Crippen molar-refractivity contribution in [1.29, 1.82) is 0 Å². The Bertz CT molecular complexity index is 825. The van der Waals surface area contributed by atoms with Gasteiger partial charge >= 0.3 is 5.91 Å². The van der Waals surface area contributed by atoms with E-state index in [9.17, 15) is 10.0 Å². The van der Waals surface area contributed by atoms with E-state index in [1.54, 1.807) is 0 Å². The number of allylic oxidation sites excluding steroid dienone is 1. The van der Waals surface area contributed by atoms with E-state index in [1.165, 1.54) is 5.06 Å². The molecule has 1 aliphatic carbocycles. The number of piperazine rings is 1. The number of hydroxylamine groups is 2. The second-order valence-corrected chi connectivity index (χ2v) is 8.94. The predicted octanol–water partition coefficient (Wildman–Crippen LogP) is 3.93. The number of ether oxygens (including phenoxy) is 1. The van der Waals surface area contributed by atoms with E-state index in [4.69, 9.17) is 4.74 Å². The summed E-state index contributed by atoms with van der Waals surface area (Å²) in [6, 6.07) is 9.89. The average molecular weight is 413 g/mol. The van der Waals surface area contributed by atoms with E-state index < -0.39 is 0 Å². The molecule has 2 unspecified atom stereocenters. The van der Waals surface area contributed by atoms with Gasteiger partial charge in [-0.1, -0.05) is 25.1 Å². The maximum absolute atomic E-state index is 13.9. The fourth-order valence-electron chi connectivity index (χ4n) is 4.86. The van der Waals surface area contributed by atoms with E-state index >= 15 is 0 Å². The molecule has 0 bridgehead atoms. The van der Waals surface area contributed by atoms with Gasteiger partial charge in [0, 0.05) is 51.7 Å². The van der Waals surface area contributed by atoms with Crippen LogP contribution in [0, 0.1) is 5.92 Å². The summed E-state index contributed by atoms with van der Waals surface area (Å²) in [7, 11) is 0. The predicted molar refractivity (Wildman–Crippen MR) is 116 cm³/mol. The lowest BCUT2D eigenvalue weighted by molar-refractivity contribution is -0.368. The van der Waals surface area contributed by atoms with E-state index in [-0.39, 0.29) is 12.0 Å². The summed E-state index contributed by atoms with van der Waals surface area (Å²) in [6.07, 6.45) is 5.94. The first-order valence-electron chi connectivity index (χ1n) is 11.3. The number of carbonyl (C=O) groups is 1. The molecule has 6 heteroatoms. The molecule has 2 aliphatic heterocycles. The molecule has 2 heterocycles. The molecule has 0 radical (unpaired) electrons. The van der Waals surface area contributed by atoms with Crippen LogP contribution in [0.1, 0.15) is 52.4 Å². The van der Waals surface area contributed by atoms with E-state index in [0.717, 1.165) is 55.6 Å². The van der Waals surface area contributed by atoms with Crippen molar-refractivity contribution in [3.63, 3.8) is 0 Å². The summed E-state index contributed by atoms with van der Waals surface area (Å²) in [6.45, 7) is 6.89.